The lowest BCUT2D eigenvalue weighted by Crippen LogP contribution is -2.41. The van der Waals surface area contributed by atoms with Crippen LogP contribution in [0.4, 0.5) is 18.9 Å². The van der Waals surface area contributed by atoms with Gasteiger partial charge in [-0.3, -0.25) is 14.5 Å². The third kappa shape index (κ3) is 5.60. The quantitative estimate of drug-likeness (QED) is 0.687. The van der Waals surface area contributed by atoms with Gasteiger partial charge in [0.25, 0.3) is 5.91 Å². The van der Waals surface area contributed by atoms with Crippen molar-refractivity contribution >= 4 is 17.6 Å². The van der Waals surface area contributed by atoms with Crippen LogP contribution in [0.25, 0.3) is 0 Å². The molecule has 9 heteroatoms. The lowest BCUT2D eigenvalue weighted by molar-refractivity contribution is -0.150. The summed E-state index contributed by atoms with van der Waals surface area (Å²) in [4.78, 5) is 27.0. The van der Waals surface area contributed by atoms with Crippen molar-refractivity contribution in [3.05, 3.63) is 24.3 Å². The van der Waals surface area contributed by atoms with E-state index in [-0.39, 0.29) is 38.0 Å². The van der Waals surface area contributed by atoms with Crippen LogP contribution in [0, 0.1) is 5.92 Å². The number of carbonyl (C=O) groups is 2. The largest absolute Gasteiger partial charge is 0.482 e. The number of anilines is 1. The molecule has 1 aromatic carbocycles. The first-order valence-corrected chi connectivity index (χ1v) is 9.29. The molecule has 28 heavy (non-hydrogen) atoms. The number of nitrogens with zero attached hydrogens (tertiary/aromatic N) is 2. The van der Waals surface area contributed by atoms with Gasteiger partial charge in [0.2, 0.25) is 0 Å². The lowest BCUT2D eigenvalue weighted by Gasteiger charge is -2.32. The number of amides is 1. The Bertz CT molecular complexity index is 703. The molecule has 0 spiro atoms. The second kappa shape index (κ2) is 8.81. The molecule has 0 aliphatic carbocycles. The maximum absolute atomic E-state index is 12.4. The van der Waals surface area contributed by atoms with Crippen molar-refractivity contribution in [2.45, 2.75) is 25.4 Å². The minimum Gasteiger partial charge on any atom is -0.482 e. The number of fused-ring (bicyclic) bond motifs is 1. The smallest absolute Gasteiger partial charge is 0.401 e. The van der Waals surface area contributed by atoms with E-state index in [0.29, 0.717) is 37.4 Å². The zero-order valence-corrected chi connectivity index (χ0v) is 15.4. The Kier molecular flexibility index (Phi) is 6.43. The zero-order chi connectivity index (χ0) is 20.1. The van der Waals surface area contributed by atoms with Crippen molar-refractivity contribution in [1.82, 2.24) is 4.90 Å². The number of rotatable bonds is 6. The van der Waals surface area contributed by atoms with Crippen molar-refractivity contribution in [1.29, 1.82) is 0 Å². The Hall–Kier alpha value is -2.29. The second-order valence-electron chi connectivity index (χ2n) is 7.07. The molecule has 0 atom stereocenters. The maximum atomic E-state index is 12.4. The van der Waals surface area contributed by atoms with Crippen LogP contribution in [-0.4, -0.2) is 62.3 Å². The number of hydrogen-bond acceptors (Lipinski definition) is 5. The number of benzene rings is 1. The van der Waals surface area contributed by atoms with Crippen molar-refractivity contribution < 1.29 is 32.2 Å². The van der Waals surface area contributed by atoms with Crippen LogP contribution in [0.15, 0.2) is 24.3 Å². The normalized spacial score (nSPS) is 18.5. The summed E-state index contributed by atoms with van der Waals surface area (Å²) in [6.45, 7) is 0.132. The third-order valence-electron chi connectivity index (χ3n) is 4.94. The zero-order valence-electron chi connectivity index (χ0n) is 15.4. The molecule has 3 rings (SSSR count). The van der Waals surface area contributed by atoms with Gasteiger partial charge in [-0.15, -0.1) is 0 Å². The summed E-state index contributed by atoms with van der Waals surface area (Å²) >= 11 is 0. The third-order valence-corrected chi connectivity index (χ3v) is 4.94. The van der Waals surface area contributed by atoms with Gasteiger partial charge in [0.15, 0.2) is 6.61 Å². The molecular weight excluding hydrogens is 377 g/mol. The second-order valence-corrected chi connectivity index (χ2v) is 7.07. The van der Waals surface area contributed by atoms with Gasteiger partial charge in [0, 0.05) is 6.54 Å². The molecule has 2 heterocycles. The lowest BCUT2D eigenvalue weighted by atomic mass is 9.98. The minimum atomic E-state index is -4.19. The first-order chi connectivity index (χ1) is 13.3. The van der Waals surface area contributed by atoms with Gasteiger partial charge >= 0.3 is 12.1 Å². The number of para-hydroxylation sites is 2. The number of carbonyl (C=O) groups excluding carboxylic acids is 2. The first kappa shape index (κ1) is 20.4. The molecule has 1 amide bonds. The minimum absolute atomic E-state index is 0.0486. The van der Waals surface area contributed by atoms with Crippen LogP contribution in [0.2, 0.25) is 0 Å². The van der Waals surface area contributed by atoms with Gasteiger partial charge in [-0.25, -0.2) is 0 Å². The van der Waals surface area contributed by atoms with Gasteiger partial charge in [-0.1, -0.05) is 12.1 Å². The molecule has 0 saturated carbocycles. The summed E-state index contributed by atoms with van der Waals surface area (Å²) in [5.74, 6) is 0.0262. The van der Waals surface area contributed by atoms with Gasteiger partial charge in [0.1, 0.15) is 5.75 Å². The van der Waals surface area contributed by atoms with Crippen LogP contribution < -0.4 is 9.64 Å². The van der Waals surface area contributed by atoms with Gasteiger partial charge < -0.3 is 14.4 Å². The Labute approximate surface area is 161 Å². The van der Waals surface area contributed by atoms with Crippen molar-refractivity contribution in [2.24, 2.45) is 5.92 Å². The first-order valence-electron chi connectivity index (χ1n) is 9.29. The van der Waals surface area contributed by atoms with E-state index in [2.05, 4.69) is 0 Å². The standard InChI is InChI=1S/C19H23F3N2O4/c20-19(21,22)13-23-8-5-14(6-9-23)11-28-18(26)7-10-24-15-3-1-2-4-16(15)27-12-17(24)25/h1-4,14H,5-13H2. The highest BCUT2D eigenvalue weighted by atomic mass is 19.4. The number of likely N-dealkylation sites (tertiary alicyclic amines) is 1. The maximum Gasteiger partial charge on any atom is 0.401 e. The molecule has 1 aromatic rings. The van der Waals surface area contributed by atoms with Crippen LogP contribution in [0.5, 0.6) is 5.75 Å². The Morgan fingerprint density at radius 2 is 1.93 bits per heavy atom. The molecule has 154 valence electrons. The number of hydrogen-bond donors (Lipinski definition) is 0. The molecule has 0 bridgehead atoms. The number of halogens is 3. The molecule has 6 nitrogen and oxygen atoms in total. The van der Waals surface area contributed by atoms with Gasteiger partial charge in [-0.05, 0) is 44.0 Å². The Balaban J connectivity index is 1.39. The van der Waals surface area contributed by atoms with Crippen LogP contribution >= 0.6 is 0 Å². The fourth-order valence-corrected chi connectivity index (χ4v) is 3.45. The topological polar surface area (TPSA) is 59.1 Å². The number of esters is 1. The predicted octanol–water partition coefficient (Wildman–Crippen LogP) is 2.62. The molecule has 2 aliphatic heterocycles. The fraction of sp³-hybridized carbons (Fsp3) is 0.579. The highest BCUT2D eigenvalue weighted by Crippen LogP contribution is 2.31. The Morgan fingerprint density at radius 3 is 2.64 bits per heavy atom. The summed E-state index contributed by atoms with van der Waals surface area (Å²) in [7, 11) is 0. The number of ether oxygens (including phenoxy) is 2. The molecule has 1 saturated heterocycles. The van der Waals surface area contributed by atoms with Crippen LogP contribution in [-0.2, 0) is 14.3 Å². The van der Waals surface area contributed by atoms with Crippen LogP contribution in [0.3, 0.4) is 0 Å². The highest BCUT2D eigenvalue weighted by molar-refractivity contribution is 5.98. The van der Waals surface area contributed by atoms with E-state index in [9.17, 15) is 22.8 Å². The van der Waals surface area contributed by atoms with Gasteiger partial charge in [0.05, 0.1) is 25.3 Å². The van der Waals surface area contributed by atoms with E-state index in [0.717, 1.165) is 0 Å². The summed E-state index contributed by atoms with van der Waals surface area (Å²) < 4.78 is 47.8. The van der Waals surface area contributed by atoms with Crippen molar-refractivity contribution in [3.63, 3.8) is 0 Å². The predicted molar refractivity (Wildman–Crippen MR) is 95.1 cm³/mol. The molecule has 2 aliphatic rings. The van der Waals surface area contributed by atoms with E-state index in [1.54, 1.807) is 24.3 Å². The van der Waals surface area contributed by atoms with E-state index in [1.165, 1.54) is 9.80 Å². The average molecular weight is 400 g/mol. The molecule has 0 aromatic heterocycles. The van der Waals surface area contributed by atoms with E-state index in [1.807, 2.05) is 0 Å². The summed E-state index contributed by atoms with van der Waals surface area (Å²) in [6.07, 6.45) is -3.00. The average Bonchev–Trinajstić information content (AvgIpc) is 2.65. The number of piperidine rings is 1. The summed E-state index contributed by atoms with van der Waals surface area (Å²) in [5, 5.41) is 0. The van der Waals surface area contributed by atoms with Crippen molar-refractivity contribution in [3.8, 4) is 5.75 Å². The van der Waals surface area contributed by atoms with E-state index < -0.39 is 18.7 Å². The van der Waals surface area contributed by atoms with Crippen molar-refractivity contribution in [2.75, 3.05) is 44.3 Å². The summed E-state index contributed by atoms with van der Waals surface area (Å²) in [5.41, 5.74) is 0.628. The SMILES string of the molecule is O=C(CCN1C(=O)COc2ccccc21)OCC1CCN(CC(F)(F)F)CC1. The van der Waals surface area contributed by atoms with E-state index in [4.69, 9.17) is 9.47 Å². The summed E-state index contributed by atoms with van der Waals surface area (Å²) in [6, 6.07) is 7.11. The molecule has 0 N–H and O–H groups in total. The number of alkyl halides is 3. The molecule has 0 unspecified atom stereocenters. The van der Waals surface area contributed by atoms with E-state index >= 15 is 0 Å². The Morgan fingerprint density at radius 1 is 1.21 bits per heavy atom. The monoisotopic (exact) mass is 400 g/mol. The van der Waals surface area contributed by atoms with Gasteiger partial charge in [-0.2, -0.15) is 13.2 Å². The fourth-order valence-electron chi connectivity index (χ4n) is 3.45. The molecule has 0 radical (unpaired) electrons. The highest BCUT2D eigenvalue weighted by Gasteiger charge is 2.32. The molecule has 1 fully saturated rings. The van der Waals surface area contributed by atoms with Crippen LogP contribution in [0.1, 0.15) is 19.3 Å². The molecular formula is C19H23F3N2O4.